The van der Waals surface area contributed by atoms with E-state index in [0.717, 1.165) is 25.7 Å². The number of fused-ring (bicyclic) bond motifs is 1. The number of aryl methyl sites for hydroxylation is 2. The normalized spacial score (nSPS) is 14.1. The molecule has 0 fully saturated rings. The number of rotatable bonds is 5. The standard InChI is InChI=1S/C21H24FN3O3S/c1-12(2)18(23-19(26)14-8-4-5-9-15(14)22)21(28)25-24-20(27)17-11-13-7-3-6-10-16(13)29-17/h4-5,8-9,11-12,18H,3,6-7,10H2,1-2H3,(H,23,26)(H,24,27)(H,25,28)/t18-/m1/s1. The number of carbonyl (C=O) groups is 3. The Morgan fingerprint density at radius 1 is 1.03 bits per heavy atom. The molecule has 154 valence electrons. The molecule has 1 aromatic carbocycles. The van der Waals surface area contributed by atoms with Gasteiger partial charge in [-0.1, -0.05) is 26.0 Å². The van der Waals surface area contributed by atoms with Gasteiger partial charge in [0.25, 0.3) is 17.7 Å². The minimum Gasteiger partial charge on any atom is -0.340 e. The van der Waals surface area contributed by atoms with E-state index in [9.17, 15) is 18.8 Å². The van der Waals surface area contributed by atoms with Crippen LogP contribution in [0.25, 0.3) is 0 Å². The molecule has 6 nitrogen and oxygen atoms in total. The highest BCUT2D eigenvalue weighted by Gasteiger charge is 2.26. The molecule has 1 aliphatic rings. The van der Waals surface area contributed by atoms with Gasteiger partial charge in [0.2, 0.25) is 0 Å². The van der Waals surface area contributed by atoms with Gasteiger partial charge >= 0.3 is 0 Å². The summed E-state index contributed by atoms with van der Waals surface area (Å²) >= 11 is 1.44. The zero-order valence-corrected chi connectivity index (χ0v) is 17.2. The fourth-order valence-corrected chi connectivity index (χ4v) is 4.41. The van der Waals surface area contributed by atoms with Crippen molar-refractivity contribution < 1.29 is 18.8 Å². The van der Waals surface area contributed by atoms with E-state index in [-0.39, 0.29) is 17.4 Å². The zero-order chi connectivity index (χ0) is 21.0. The molecule has 1 atom stereocenters. The molecule has 0 spiro atoms. The summed E-state index contributed by atoms with van der Waals surface area (Å²) < 4.78 is 13.8. The average Bonchev–Trinajstić information content (AvgIpc) is 3.14. The first-order valence-corrected chi connectivity index (χ1v) is 10.5. The molecular formula is C21H24FN3O3S. The number of nitrogens with one attached hydrogen (secondary N) is 3. The molecule has 0 radical (unpaired) electrons. The Morgan fingerprint density at radius 2 is 1.76 bits per heavy atom. The van der Waals surface area contributed by atoms with E-state index in [4.69, 9.17) is 0 Å². The van der Waals surface area contributed by atoms with E-state index < -0.39 is 23.7 Å². The number of hydrazine groups is 1. The van der Waals surface area contributed by atoms with E-state index in [1.54, 1.807) is 19.9 Å². The van der Waals surface area contributed by atoms with Crippen molar-refractivity contribution in [1.82, 2.24) is 16.2 Å². The van der Waals surface area contributed by atoms with Crippen LogP contribution in [0.4, 0.5) is 4.39 Å². The third kappa shape index (κ3) is 5.00. The summed E-state index contributed by atoms with van der Waals surface area (Å²) in [5.74, 6) is -2.58. The first-order chi connectivity index (χ1) is 13.9. The molecule has 8 heteroatoms. The van der Waals surface area contributed by atoms with Crippen molar-refractivity contribution in [3.63, 3.8) is 0 Å². The molecule has 3 amide bonds. The second-order valence-corrected chi connectivity index (χ2v) is 8.52. The Balaban J connectivity index is 1.61. The number of hydrogen-bond acceptors (Lipinski definition) is 4. The summed E-state index contributed by atoms with van der Waals surface area (Å²) in [6.07, 6.45) is 4.21. The van der Waals surface area contributed by atoms with Crippen LogP contribution in [0.3, 0.4) is 0 Å². The summed E-state index contributed by atoms with van der Waals surface area (Å²) in [5.41, 5.74) is 5.85. The van der Waals surface area contributed by atoms with Gasteiger partial charge in [0.05, 0.1) is 10.4 Å². The van der Waals surface area contributed by atoms with E-state index in [2.05, 4.69) is 16.2 Å². The minimum absolute atomic E-state index is 0.140. The van der Waals surface area contributed by atoms with Crippen molar-refractivity contribution in [3.8, 4) is 0 Å². The van der Waals surface area contributed by atoms with Crippen molar-refractivity contribution in [2.75, 3.05) is 0 Å². The van der Waals surface area contributed by atoms with Crippen molar-refractivity contribution in [2.45, 2.75) is 45.6 Å². The number of carbonyl (C=O) groups excluding carboxylic acids is 3. The maximum Gasteiger partial charge on any atom is 0.279 e. The third-order valence-corrected chi connectivity index (χ3v) is 6.11. The average molecular weight is 418 g/mol. The Kier molecular flexibility index (Phi) is 6.64. The number of hydrogen-bond donors (Lipinski definition) is 3. The van der Waals surface area contributed by atoms with Gasteiger partial charge in [-0.15, -0.1) is 11.3 Å². The summed E-state index contributed by atoms with van der Waals surface area (Å²) in [7, 11) is 0. The zero-order valence-electron chi connectivity index (χ0n) is 16.4. The fourth-order valence-electron chi connectivity index (χ4n) is 3.26. The van der Waals surface area contributed by atoms with Crippen LogP contribution < -0.4 is 16.2 Å². The van der Waals surface area contributed by atoms with Gasteiger partial charge in [0, 0.05) is 4.88 Å². The van der Waals surface area contributed by atoms with Gasteiger partial charge in [-0.05, 0) is 55.4 Å². The molecule has 0 aliphatic heterocycles. The molecule has 1 aromatic heterocycles. The number of thiophene rings is 1. The molecule has 0 saturated heterocycles. The maximum atomic E-state index is 13.8. The van der Waals surface area contributed by atoms with Gasteiger partial charge in [0.1, 0.15) is 11.9 Å². The summed E-state index contributed by atoms with van der Waals surface area (Å²) in [5, 5.41) is 2.54. The molecule has 0 unspecified atom stereocenters. The van der Waals surface area contributed by atoms with Gasteiger partial charge in [-0.3, -0.25) is 25.2 Å². The molecular weight excluding hydrogens is 393 g/mol. The van der Waals surface area contributed by atoms with E-state index in [0.29, 0.717) is 4.88 Å². The molecule has 3 N–H and O–H groups in total. The van der Waals surface area contributed by atoms with Crippen molar-refractivity contribution in [1.29, 1.82) is 0 Å². The Labute approximate surface area is 172 Å². The molecule has 0 bridgehead atoms. The maximum absolute atomic E-state index is 13.8. The quantitative estimate of drug-likeness (QED) is 0.654. The number of benzene rings is 1. The second-order valence-electron chi connectivity index (χ2n) is 7.38. The van der Waals surface area contributed by atoms with Crippen molar-refractivity contribution >= 4 is 29.1 Å². The minimum atomic E-state index is -0.932. The van der Waals surface area contributed by atoms with Crippen molar-refractivity contribution in [3.05, 3.63) is 57.0 Å². The first kappa shape index (κ1) is 21.0. The van der Waals surface area contributed by atoms with Crippen LogP contribution in [-0.2, 0) is 17.6 Å². The van der Waals surface area contributed by atoms with Gasteiger partial charge in [-0.2, -0.15) is 0 Å². The SMILES string of the molecule is CC(C)[C@@H](NC(=O)c1ccccc1F)C(=O)NNC(=O)c1cc2c(s1)CCCC2. The largest absolute Gasteiger partial charge is 0.340 e. The van der Waals surface area contributed by atoms with Crippen LogP contribution in [0.15, 0.2) is 30.3 Å². The topological polar surface area (TPSA) is 87.3 Å². The van der Waals surface area contributed by atoms with Crippen LogP contribution in [0.5, 0.6) is 0 Å². The Bertz CT molecular complexity index is 902. The molecule has 1 aliphatic carbocycles. The fraction of sp³-hybridized carbons (Fsp3) is 0.381. The van der Waals surface area contributed by atoms with Crippen LogP contribution >= 0.6 is 11.3 Å². The molecule has 29 heavy (non-hydrogen) atoms. The van der Waals surface area contributed by atoms with Crippen molar-refractivity contribution in [2.24, 2.45) is 5.92 Å². The lowest BCUT2D eigenvalue weighted by molar-refractivity contribution is -0.124. The summed E-state index contributed by atoms with van der Waals surface area (Å²) in [6, 6.07) is 6.50. The smallest absolute Gasteiger partial charge is 0.279 e. The van der Waals surface area contributed by atoms with Crippen LogP contribution in [0.1, 0.15) is 57.2 Å². The molecule has 1 heterocycles. The second kappa shape index (κ2) is 9.17. The van der Waals surface area contributed by atoms with Gasteiger partial charge in [0.15, 0.2) is 0 Å². The summed E-state index contributed by atoms with van der Waals surface area (Å²) in [4.78, 5) is 39.0. The number of amides is 3. The number of halogens is 1. The molecule has 3 rings (SSSR count). The van der Waals surface area contributed by atoms with Crippen LogP contribution in [0, 0.1) is 11.7 Å². The lowest BCUT2D eigenvalue weighted by Gasteiger charge is -2.22. The monoisotopic (exact) mass is 417 g/mol. The molecule has 2 aromatic rings. The Morgan fingerprint density at radius 3 is 2.45 bits per heavy atom. The van der Waals surface area contributed by atoms with Gasteiger partial charge < -0.3 is 5.32 Å². The lowest BCUT2D eigenvalue weighted by atomic mass is 9.99. The summed E-state index contributed by atoms with van der Waals surface area (Å²) in [6.45, 7) is 3.50. The van der Waals surface area contributed by atoms with Crippen LogP contribution in [-0.4, -0.2) is 23.8 Å². The van der Waals surface area contributed by atoms with E-state index >= 15 is 0 Å². The van der Waals surface area contributed by atoms with Crippen LogP contribution in [0.2, 0.25) is 0 Å². The van der Waals surface area contributed by atoms with E-state index in [1.165, 1.54) is 40.0 Å². The first-order valence-electron chi connectivity index (χ1n) is 9.64. The lowest BCUT2D eigenvalue weighted by Crippen LogP contribution is -2.54. The highest BCUT2D eigenvalue weighted by atomic mass is 32.1. The predicted octanol–water partition coefficient (Wildman–Crippen LogP) is 2.98. The Hall–Kier alpha value is -2.74. The predicted molar refractivity (Wildman–Crippen MR) is 109 cm³/mol. The highest BCUT2D eigenvalue weighted by Crippen LogP contribution is 2.29. The third-order valence-electron chi connectivity index (χ3n) is 4.87. The highest BCUT2D eigenvalue weighted by molar-refractivity contribution is 7.14. The molecule has 0 saturated carbocycles. The van der Waals surface area contributed by atoms with Gasteiger partial charge in [-0.25, -0.2) is 4.39 Å². The van der Waals surface area contributed by atoms with E-state index in [1.807, 2.05) is 6.07 Å².